The largest absolute Gasteiger partial charge is 0.480 e. The summed E-state index contributed by atoms with van der Waals surface area (Å²) in [4.78, 5) is 22.8. The van der Waals surface area contributed by atoms with Crippen molar-refractivity contribution in [2.75, 3.05) is 6.61 Å². The second kappa shape index (κ2) is 7.36. The minimum Gasteiger partial charge on any atom is -0.480 e. The van der Waals surface area contributed by atoms with Crippen molar-refractivity contribution in [1.29, 1.82) is 0 Å². The van der Waals surface area contributed by atoms with Crippen molar-refractivity contribution in [3.63, 3.8) is 0 Å². The molecule has 1 aliphatic heterocycles. The van der Waals surface area contributed by atoms with Crippen LogP contribution in [0.1, 0.15) is 46.0 Å². The molecule has 3 atom stereocenters. The summed E-state index contributed by atoms with van der Waals surface area (Å²) in [6.07, 6.45) is 3.97. The number of rotatable bonds is 7. The minimum atomic E-state index is -0.963. The normalized spacial score (nSPS) is 22.4. The van der Waals surface area contributed by atoms with Crippen LogP contribution in [0.2, 0.25) is 0 Å². The molecule has 0 aliphatic carbocycles. The highest BCUT2D eigenvalue weighted by atomic mass is 16.5. The lowest BCUT2D eigenvalue weighted by molar-refractivity contribution is -0.143. The number of nitrogens with one attached hydrogen (secondary N) is 1. The van der Waals surface area contributed by atoms with Gasteiger partial charge in [-0.1, -0.05) is 20.3 Å². The molecule has 2 unspecified atom stereocenters. The summed E-state index contributed by atoms with van der Waals surface area (Å²) < 4.78 is 5.43. The fourth-order valence-electron chi connectivity index (χ4n) is 2.09. The first-order valence-corrected chi connectivity index (χ1v) is 6.68. The first-order valence-electron chi connectivity index (χ1n) is 6.68. The maximum atomic E-state index is 11.7. The fourth-order valence-corrected chi connectivity index (χ4v) is 2.09. The summed E-state index contributed by atoms with van der Waals surface area (Å²) in [6, 6.07) is -0.785. The maximum absolute atomic E-state index is 11.7. The lowest BCUT2D eigenvalue weighted by Gasteiger charge is -2.20. The van der Waals surface area contributed by atoms with Crippen LogP contribution in [-0.2, 0) is 14.3 Å². The fraction of sp³-hybridized carbons (Fsp3) is 0.846. The molecule has 5 heteroatoms. The van der Waals surface area contributed by atoms with Crippen LogP contribution in [0.4, 0.5) is 0 Å². The Morgan fingerprint density at radius 2 is 2.22 bits per heavy atom. The van der Waals surface area contributed by atoms with Crippen molar-refractivity contribution >= 4 is 11.9 Å². The zero-order valence-electron chi connectivity index (χ0n) is 11.1. The molecule has 1 fully saturated rings. The highest BCUT2D eigenvalue weighted by Gasteiger charge is 2.25. The number of aliphatic carboxylic acids is 1. The molecule has 2 N–H and O–H groups in total. The van der Waals surface area contributed by atoms with E-state index in [9.17, 15) is 9.59 Å². The molecule has 1 aliphatic rings. The summed E-state index contributed by atoms with van der Waals surface area (Å²) >= 11 is 0. The molecule has 18 heavy (non-hydrogen) atoms. The summed E-state index contributed by atoms with van der Waals surface area (Å²) in [6.45, 7) is 4.52. The standard InChI is InChI=1S/C13H23NO4/c1-3-9(2)12(13(16)17)14-11(15)7-6-10-5-4-8-18-10/h9-10,12H,3-8H2,1-2H3,(H,14,15)(H,16,17)/t9?,10?,12-/m0/s1. The molecule has 0 aromatic carbocycles. The van der Waals surface area contributed by atoms with Gasteiger partial charge in [0.15, 0.2) is 0 Å². The molecule has 1 heterocycles. The second-order valence-corrected chi connectivity index (χ2v) is 4.94. The third-order valence-electron chi connectivity index (χ3n) is 3.51. The van der Waals surface area contributed by atoms with E-state index in [4.69, 9.17) is 9.84 Å². The highest BCUT2D eigenvalue weighted by molar-refractivity contribution is 5.83. The molecule has 1 amide bonds. The van der Waals surface area contributed by atoms with E-state index < -0.39 is 12.0 Å². The topological polar surface area (TPSA) is 75.6 Å². The van der Waals surface area contributed by atoms with E-state index in [-0.39, 0.29) is 17.9 Å². The zero-order valence-corrected chi connectivity index (χ0v) is 11.1. The maximum Gasteiger partial charge on any atom is 0.326 e. The summed E-state index contributed by atoms with van der Waals surface area (Å²) in [5.41, 5.74) is 0. The van der Waals surface area contributed by atoms with Crippen molar-refractivity contribution in [2.24, 2.45) is 5.92 Å². The number of carboxylic acid groups (broad SMARTS) is 1. The third-order valence-corrected chi connectivity index (χ3v) is 3.51. The molecular weight excluding hydrogens is 234 g/mol. The molecule has 1 rings (SSSR count). The molecule has 0 radical (unpaired) electrons. The average Bonchev–Trinajstić information content (AvgIpc) is 2.85. The van der Waals surface area contributed by atoms with Gasteiger partial charge in [-0.15, -0.1) is 0 Å². The van der Waals surface area contributed by atoms with Crippen LogP contribution in [0.5, 0.6) is 0 Å². The van der Waals surface area contributed by atoms with Gasteiger partial charge in [0.1, 0.15) is 6.04 Å². The Kier molecular flexibility index (Phi) is 6.12. The Labute approximate surface area is 108 Å². The van der Waals surface area contributed by atoms with Crippen molar-refractivity contribution in [2.45, 2.75) is 58.1 Å². The number of ether oxygens (including phenoxy) is 1. The molecule has 0 saturated carbocycles. The van der Waals surface area contributed by atoms with E-state index in [1.54, 1.807) is 0 Å². The Morgan fingerprint density at radius 1 is 1.50 bits per heavy atom. The molecule has 0 aromatic rings. The van der Waals surface area contributed by atoms with Crippen LogP contribution in [-0.4, -0.2) is 35.7 Å². The molecule has 1 saturated heterocycles. The van der Waals surface area contributed by atoms with Gasteiger partial charge in [-0.05, 0) is 25.2 Å². The van der Waals surface area contributed by atoms with Gasteiger partial charge in [-0.3, -0.25) is 4.79 Å². The minimum absolute atomic E-state index is 0.0609. The number of hydrogen-bond donors (Lipinski definition) is 2. The van der Waals surface area contributed by atoms with Gasteiger partial charge in [-0.2, -0.15) is 0 Å². The molecule has 0 aromatic heterocycles. The third kappa shape index (κ3) is 4.64. The first-order chi connectivity index (χ1) is 8.54. The van der Waals surface area contributed by atoms with Gasteiger partial charge in [-0.25, -0.2) is 4.79 Å². The quantitative estimate of drug-likeness (QED) is 0.725. The predicted molar refractivity (Wildman–Crippen MR) is 67.2 cm³/mol. The van der Waals surface area contributed by atoms with Crippen molar-refractivity contribution in [1.82, 2.24) is 5.32 Å². The number of carbonyl (C=O) groups excluding carboxylic acids is 1. The Morgan fingerprint density at radius 3 is 2.72 bits per heavy atom. The molecule has 0 bridgehead atoms. The summed E-state index contributed by atoms with van der Waals surface area (Å²) in [5.74, 6) is -1.22. The van der Waals surface area contributed by atoms with Crippen molar-refractivity contribution in [3.05, 3.63) is 0 Å². The monoisotopic (exact) mass is 257 g/mol. The van der Waals surface area contributed by atoms with Crippen LogP contribution >= 0.6 is 0 Å². The van der Waals surface area contributed by atoms with E-state index in [2.05, 4.69) is 5.32 Å². The van der Waals surface area contributed by atoms with E-state index in [0.717, 1.165) is 25.9 Å². The van der Waals surface area contributed by atoms with Gasteiger partial charge in [0.25, 0.3) is 0 Å². The van der Waals surface area contributed by atoms with Gasteiger partial charge >= 0.3 is 5.97 Å². The van der Waals surface area contributed by atoms with E-state index in [1.807, 2.05) is 13.8 Å². The SMILES string of the molecule is CCC(C)[C@H](NC(=O)CCC1CCCO1)C(=O)O. The Hall–Kier alpha value is -1.10. The lowest BCUT2D eigenvalue weighted by atomic mass is 9.99. The Balaban J connectivity index is 2.33. The number of hydrogen-bond acceptors (Lipinski definition) is 3. The zero-order chi connectivity index (χ0) is 13.5. The van der Waals surface area contributed by atoms with Gasteiger partial charge in [0.05, 0.1) is 6.10 Å². The molecular formula is C13H23NO4. The summed E-state index contributed by atoms with van der Waals surface area (Å²) in [7, 11) is 0. The van der Waals surface area contributed by atoms with E-state index >= 15 is 0 Å². The van der Waals surface area contributed by atoms with Crippen LogP contribution < -0.4 is 5.32 Å². The summed E-state index contributed by atoms with van der Waals surface area (Å²) in [5, 5.41) is 11.7. The van der Waals surface area contributed by atoms with Gasteiger partial charge in [0, 0.05) is 13.0 Å². The van der Waals surface area contributed by atoms with E-state index in [0.29, 0.717) is 12.8 Å². The van der Waals surface area contributed by atoms with Gasteiger partial charge in [0.2, 0.25) is 5.91 Å². The highest BCUT2D eigenvalue weighted by Crippen LogP contribution is 2.17. The molecule has 104 valence electrons. The van der Waals surface area contributed by atoms with Crippen LogP contribution in [0.3, 0.4) is 0 Å². The number of carbonyl (C=O) groups is 2. The van der Waals surface area contributed by atoms with Crippen LogP contribution in [0.15, 0.2) is 0 Å². The van der Waals surface area contributed by atoms with Crippen LogP contribution in [0, 0.1) is 5.92 Å². The van der Waals surface area contributed by atoms with Crippen molar-refractivity contribution < 1.29 is 19.4 Å². The first kappa shape index (κ1) is 15.0. The van der Waals surface area contributed by atoms with E-state index in [1.165, 1.54) is 0 Å². The molecule has 5 nitrogen and oxygen atoms in total. The smallest absolute Gasteiger partial charge is 0.326 e. The average molecular weight is 257 g/mol. The predicted octanol–water partition coefficient (Wildman–Crippen LogP) is 1.56. The second-order valence-electron chi connectivity index (χ2n) is 4.94. The molecule has 0 spiro atoms. The van der Waals surface area contributed by atoms with Gasteiger partial charge < -0.3 is 15.2 Å². The Bertz CT molecular complexity index is 287. The number of carboxylic acids is 1. The van der Waals surface area contributed by atoms with Crippen molar-refractivity contribution in [3.8, 4) is 0 Å². The van der Waals surface area contributed by atoms with Crippen LogP contribution in [0.25, 0.3) is 0 Å². The lowest BCUT2D eigenvalue weighted by Crippen LogP contribution is -2.45. The number of amides is 1.